The van der Waals surface area contributed by atoms with Crippen molar-refractivity contribution in [2.45, 2.75) is 45.0 Å². The fraction of sp³-hybridized carbons (Fsp3) is 0.250. The zero-order chi connectivity index (χ0) is 21.9. The molecule has 0 N–H and O–H groups in total. The van der Waals surface area contributed by atoms with Crippen LogP contribution in [0.5, 0.6) is 0 Å². The Morgan fingerprint density at radius 1 is 0.871 bits per heavy atom. The van der Waals surface area contributed by atoms with Gasteiger partial charge >= 0.3 is 5.97 Å². The number of benzene rings is 3. The third-order valence-electron chi connectivity index (χ3n) is 5.32. The molecule has 0 bridgehead atoms. The van der Waals surface area contributed by atoms with Crippen LogP contribution in [0.1, 0.15) is 42.5 Å². The minimum atomic E-state index is -0.273. The van der Waals surface area contributed by atoms with Crippen molar-refractivity contribution in [1.29, 1.82) is 0 Å². The molecular formula is C28H31NO2. The molecule has 3 nitrogen and oxygen atoms in total. The standard InChI is InChI=1S/C28H31NO2/c1-3-4-20-27(31-23(2)30)28(26-18-12-7-13-19-26)29(21-24-14-8-5-9-15-24)22-25-16-10-6-11-17-25/h3,5-19,27-28H,1,4,20-22H2,2H3/t27-,28+/m0/s1. The first-order valence-electron chi connectivity index (χ1n) is 10.8. The number of rotatable bonds is 11. The molecule has 0 amide bonds. The number of hydrogen-bond donors (Lipinski definition) is 0. The lowest BCUT2D eigenvalue weighted by Crippen LogP contribution is -2.38. The van der Waals surface area contributed by atoms with Crippen LogP contribution >= 0.6 is 0 Å². The van der Waals surface area contributed by atoms with Crippen LogP contribution in [0.15, 0.2) is 104 Å². The van der Waals surface area contributed by atoms with E-state index in [1.807, 2.05) is 36.4 Å². The van der Waals surface area contributed by atoms with E-state index in [1.54, 1.807) is 0 Å². The number of hydrogen-bond acceptors (Lipinski definition) is 3. The summed E-state index contributed by atoms with van der Waals surface area (Å²) in [5.74, 6) is -0.255. The second-order valence-corrected chi connectivity index (χ2v) is 7.75. The van der Waals surface area contributed by atoms with Crippen LogP contribution in [0.4, 0.5) is 0 Å². The normalized spacial score (nSPS) is 12.8. The third-order valence-corrected chi connectivity index (χ3v) is 5.32. The molecule has 0 fully saturated rings. The first kappa shape index (κ1) is 22.5. The highest BCUT2D eigenvalue weighted by Gasteiger charge is 2.31. The Bertz CT molecular complexity index is 884. The fourth-order valence-electron chi connectivity index (χ4n) is 3.98. The molecule has 3 rings (SSSR count). The maximum absolute atomic E-state index is 12.0. The maximum atomic E-state index is 12.0. The topological polar surface area (TPSA) is 29.5 Å². The summed E-state index contributed by atoms with van der Waals surface area (Å²) in [5.41, 5.74) is 3.60. The van der Waals surface area contributed by atoms with E-state index in [0.717, 1.165) is 31.5 Å². The average molecular weight is 414 g/mol. The lowest BCUT2D eigenvalue weighted by molar-refractivity contribution is -0.151. The SMILES string of the molecule is C=CCC[C@H](OC(C)=O)[C@@H](c1ccccc1)N(Cc1ccccc1)Cc1ccccc1. The van der Waals surface area contributed by atoms with E-state index in [0.29, 0.717) is 0 Å². The number of allylic oxidation sites excluding steroid dienone is 1. The monoisotopic (exact) mass is 413 g/mol. The zero-order valence-electron chi connectivity index (χ0n) is 18.2. The van der Waals surface area contributed by atoms with E-state index in [4.69, 9.17) is 4.74 Å². The smallest absolute Gasteiger partial charge is 0.302 e. The Balaban J connectivity index is 2.03. The van der Waals surface area contributed by atoms with Crippen molar-refractivity contribution in [3.05, 3.63) is 120 Å². The van der Waals surface area contributed by atoms with Gasteiger partial charge in [0.1, 0.15) is 6.10 Å². The molecule has 0 aromatic heterocycles. The third kappa shape index (κ3) is 6.94. The molecule has 0 spiro atoms. The predicted octanol–water partition coefficient (Wildman–Crippen LogP) is 6.33. The first-order valence-corrected chi connectivity index (χ1v) is 10.8. The van der Waals surface area contributed by atoms with Gasteiger partial charge < -0.3 is 4.74 Å². The number of esters is 1. The van der Waals surface area contributed by atoms with Gasteiger partial charge in [-0.3, -0.25) is 9.69 Å². The van der Waals surface area contributed by atoms with E-state index >= 15 is 0 Å². The van der Waals surface area contributed by atoms with Crippen LogP contribution < -0.4 is 0 Å². The van der Waals surface area contributed by atoms with Crippen molar-refractivity contribution in [3.63, 3.8) is 0 Å². The summed E-state index contributed by atoms with van der Waals surface area (Å²) in [6.07, 6.45) is 3.12. The molecule has 31 heavy (non-hydrogen) atoms. The molecule has 0 saturated heterocycles. The molecule has 0 radical (unpaired) electrons. The van der Waals surface area contributed by atoms with E-state index in [9.17, 15) is 4.79 Å². The molecule has 160 valence electrons. The van der Waals surface area contributed by atoms with Gasteiger partial charge in [-0.25, -0.2) is 0 Å². The Morgan fingerprint density at radius 2 is 1.35 bits per heavy atom. The Hall–Kier alpha value is -3.17. The van der Waals surface area contributed by atoms with Crippen molar-refractivity contribution >= 4 is 5.97 Å². The average Bonchev–Trinajstić information content (AvgIpc) is 2.79. The Morgan fingerprint density at radius 3 is 1.81 bits per heavy atom. The second-order valence-electron chi connectivity index (χ2n) is 7.75. The second kappa shape index (κ2) is 11.9. The minimum Gasteiger partial charge on any atom is -0.461 e. The number of nitrogens with zero attached hydrogens (tertiary/aromatic N) is 1. The predicted molar refractivity (Wildman–Crippen MR) is 126 cm³/mol. The van der Waals surface area contributed by atoms with Crippen LogP contribution in [0.25, 0.3) is 0 Å². The van der Waals surface area contributed by atoms with Crippen molar-refractivity contribution in [2.24, 2.45) is 0 Å². The van der Waals surface area contributed by atoms with Gasteiger partial charge in [0.15, 0.2) is 0 Å². The largest absolute Gasteiger partial charge is 0.461 e. The van der Waals surface area contributed by atoms with Gasteiger partial charge in [-0.15, -0.1) is 6.58 Å². The van der Waals surface area contributed by atoms with Gasteiger partial charge in [-0.2, -0.15) is 0 Å². The maximum Gasteiger partial charge on any atom is 0.302 e. The van der Waals surface area contributed by atoms with E-state index in [2.05, 4.69) is 72.1 Å². The lowest BCUT2D eigenvalue weighted by Gasteiger charge is -2.37. The summed E-state index contributed by atoms with van der Waals surface area (Å²) in [5, 5.41) is 0. The summed E-state index contributed by atoms with van der Waals surface area (Å²) in [6.45, 7) is 6.86. The molecule has 3 aromatic carbocycles. The van der Waals surface area contributed by atoms with E-state index in [1.165, 1.54) is 18.1 Å². The number of carbonyl (C=O) groups excluding carboxylic acids is 1. The van der Waals surface area contributed by atoms with E-state index < -0.39 is 0 Å². The Kier molecular flexibility index (Phi) is 8.62. The highest BCUT2D eigenvalue weighted by atomic mass is 16.5. The van der Waals surface area contributed by atoms with Gasteiger partial charge in [-0.1, -0.05) is 97.1 Å². The van der Waals surface area contributed by atoms with Crippen molar-refractivity contribution < 1.29 is 9.53 Å². The van der Waals surface area contributed by atoms with Crippen molar-refractivity contribution in [2.75, 3.05) is 0 Å². The van der Waals surface area contributed by atoms with Crippen LogP contribution in [0.3, 0.4) is 0 Å². The molecular weight excluding hydrogens is 382 g/mol. The van der Waals surface area contributed by atoms with Gasteiger partial charge in [0.2, 0.25) is 0 Å². The van der Waals surface area contributed by atoms with Crippen LogP contribution in [-0.2, 0) is 22.6 Å². The number of ether oxygens (including phenoxy) is 1. The summed E-state index contributed by atoms with van der Waals surface area (Å²) in [6, 6.07) is 31.2. The summed E-state index contributed by atoms with van der Waals surface area (Å²) >= 11 is 0. The molecule has 2 atom stereocenters. The van der Waals surface area contributed by atoms with Crippen LogP contribution in [0, 0.1) is 0 Å². The van der Waals surface area contributed by atoms with Crippen molar-refractivity contribution in [1.82, 2.24) is 4.90 Å². The van der Waals surface area contributed by atoms with Gasteiger partial charge in [0.25, 0.3) is 0 Å². The number of carbonyl (C=O) groups is 1. The zero-order valence-corrected chi connectivity index (χ0v) is 18.2. The quantitative estimate of drug-likeness (QED) is 0.272. The molecule has 0 aliphatic rings. The molecule has 0 aliphatic carbocycles. The van der Waals surface area contributed by atoms with Gasteiger partial charge in [0, 0.05) is 20.0 Å². The Labute approximate surface area is 186 Å². The van der Waals surface area contributed by atoms with Gasteiger partial charge in [0.05, 0.1) is 6.04 Å². The fourth-order valence-corrected chi connectivity index (χ4v) is 3.98. The van der Waals surface area contributed by atoms with Crippen LogP contribution in [-0.4, -0.2) is 17.0 Å². The van der Waals surface area contributed by atoms with Crippen LogP contribution in [0.2, 0.25) is 0 Å². The molecule has 0 heterocycles. The molecule has 0 saturated carbocycles. The van der Waals surface area contributed by atoms with Gasteiger partial charge in [-0.05, 0) is 29.5 Å². The van der Waals surface area contributed by atoms with E-state index in [-0.39, 0.29) is 18.1 Å². The summed E-state index contributed by atoms with van der Waals surface area (Å²) < 4.78 is 5.90. The summed E-state index contributed by atoms with van der Waals surface area (Å²) in [7, 11) is 0. The van der Waals surface area contributed by atoms with Crippen molar-refractivity contribution in [3.8, 4) is 0 Å². The lowest BCUT2D eigenvalue weighted by atomic mass is 9.94. The highest BCUT2D eigenvalue weighted by Crippen LogP contribution is 2.32. The minimum absolute atomic E-state index is 0.0783. The molecule has 3 aromatic rings. The first-order chi connectivity index (χ1) is 15.2. The highest BCUT2D eigenvalue weighted by molar-refractivity contribution is 5.66. The molecule has 0 aliphatic heterocycles. The molecule has 0 unspecified atom stereocenters. The summed E-state index contributed by atoms with van der Waals surface area (Å²) in [4.78, 5) is 14.4. The molecule has 3 heteroatoms.